The van der Waals surface area contributed by atoms with Crippen LogP contribution in [0.5, 0.6) is 0 Å². The van der Waals surface area contributed by atoms with Crippen LogP contribution in [0.2, 0.25) is 0 Å². The molecule has 0 saturated carbocycles. The SMILES string of the molecule is C=CCOC(=O)c1cnc2c(cnn2CCCCC)c1N. The summed E-state index contributed by atoms with van der Waals surface area (Å²) in [7, 11) is 0. The number of ether oxygens (including phenoxy) is 1. The minimum absolute atomic E-state index is 0.145. The van der Waals surface area contributed by atoms with E-state index in [-0.39, 0.29) is 12.2 Å². The molecule has 0 unspecified atom stereocenters. The number of nitrogens with zero attached hydrogens (tertiary/aromatic N) is 3. The lowest BCUT2D eigenvalue weighted by Gasteiger charge is -2.07. The van der Waals surface area contributed by atoms with E-state index >= 15 is 0 Å². The summed E-state index contributed by atoms with van der Waals surface area (Å²) in [6.45, 7) is 6.59. The summed E-state index contributed by atoms with van der Waals surface area (Å²) in [5, 5.41) is 4.98. The Morgan fingerprint density at radius 2 is 2.29 bits per heavy atom. The molecular formula is C15H20N4O2. The number of aromatic nitrogens is 3. The lowest BCUT2D eigenvalue weighted by atomic mass is 10.2. The van der Waals surface area contributed by atoms with Crippen LogP contribution < -0.4 is 5.73 Å². The Hall–Kier alpha value is -2.37. The zero-order chi connectivity index (χ0) is 15.2. The molecular weight excluding hydrogens is 268 g/mol. The first-order valence-corrected chi connectivity index (χ1v) is 7.07. The van der Waals surface area contributed by atoms with Crippen LogP contribution in [-0.2, 0) is 11.3 Å². The molecule has 2 aromatic heterocycles. The molecule has 2 N–H and O–H groups in total. The van der Waals surface area contributed by atoms with Crippen molar-refractivity contribution in [3.05, 3.63) is 30.6 Å². The Kier molecular flexibility index (Phi) is 4.92. The molecule has 2 heterocycles. The number of pyridine rings is 1. The summed E-state index contributed by atoms with van der Waals surface area (Å²) in [4.78, 5) is 16.2. The highest BCUT2D eigenvalue weighted by Crippen LogP contribution is 2.23. The van der Waals surface area contributed by atoms with Crippen molar-refractivity contribution in [2.75, 3.05) is 12.3 Å². The van der Waals surface area contributed by atoms with Crippen LogP contribution >= 0.6 is 0 Å². The normalized spacial score (nSPS) is 10.7. The predicted octanol–water partition coefficient (Wildman–Crippen LogP) is 2.55. The molecule has 0 atom stereocenters. The predicted molar refractivity (Wildman–Crippen MR) is 81.9 cm³/mol. The van der Waals surface area contributed by atoms with Crippen molar-refractivity contribution < 1.29 is 9.53 Å². The topological polar surface area (TPSA) is 83.0 Å². The van der Waals surface area contributed by atoms with Gasteiger partial charge in [0.15, 0.2) is 5.65 Å². The van der Waals surface area contributed by atoms with Crippen LogP contribution in [0.1, 0.15) is 36.5 Å². The smallest absolute Gasteiger partial charge is 0.342 e. The highest BCUT2D eigenvalue weighted by Gasteiger charge is 2.16. The molecule has 0 aromatic carbocycles. The fourth-order valence-electron chi connectivity index (χ4n) is 2.10. The van der Waals surface area contributed by atoms with E-state index in [4.69, 9.17) is 10.5 Å². The number of unbranched alkanes of at least 4 members (excludes halogenated alkanes) is 2. The number of nitrogens with two attached hydrogens (primary N) is 1. The first-order chi connectivity index (χ1) is 10.2. The zero-order valence-electron chi connectivity index (χ0n) is 12.2. The lowest BCUT2D eigenvalue weighted by Crippen LogP contribution is -2.10. The molecule has 0 amide bonds. The van der Waals surface area contributed by atoms with Gasteiger partial charge in [-0.1, -0.05) is 32.4 Å². The van der Waals surface area contributed by atoms with E-state index in [2.05, 4.69) is 23.6 Å². The van der Waals surface area contributed by atoms with Crippen LogP contribution in [0.25, 0.3) is 11.0 Å². The summed E-state index contributed by atoms with van der Waals surface area (Å²) >= 11 is 0. The highest BCUT2D eigenvalue weighted by atomic mass is 16.5. The summed E-state index contributed by atoms with van der Waals surface area (Å²) in [6.07, 6.45) is 7.93. The van der Waals surface area contributed by atoms with Crippen molar-refractivity contribution in [3.8, 4) is 0 Å². The van der Waals surface area contributed by atoms with Gasteiger partial charge in [-0.05, 0) is 6.42 Å². The second kappa shape index (κ2) is 6.88. The van der Waals surface area contributed by atoms with Crippen molar-refractivity contribution in [1.82, 2.24) is 14.8 Å². The Morgan fingerprint density at radius 1 is 1.48 bits per heavy atom. The molecule has 0 aliphatic heterocycles. The van der Waals surface area contributed by atoms with Crippen molar-refractivity contribution >= 4 is 22.7 Å². The third-order valence-corrected chi connectivity index (χ3v) is 3.23. The van der Waals surface area contributed by atoms with E-state index in [9.17, 15) is 4.79 Å². The number of anilines is 1. The quantitative estimate of drug-likeness (QED) is 0.481. The maximum atomic E-state index is 11.9. The van der Waals surface area contributed by atoms with E-state index in [0.29, 0.717) is 16.7 Å². The molecule has 0 saturated heterocycles. The van der Waals surface area contributed by atoms with Crippen LogP contribution in [0.4, 0.5) is 5.69 Å². The molecule has 21 heavy (non-hydrogen) atoms. The van der Waals surface area contributed by atoms with E-state index in [1.54, 1.807) is 6.20 Å². The van der Waals surface area contributed by atoms with Gasteiger partial charge in [0, 0.05) is 12.7 Å². The van der Waals surface area contributed by atoms with Crippen LogP contribution in [0.15, 0.2) is 25.0 Å². The molecule has 2 aromatic rings. The minimum atomic E-state index is -0.500. The summed E-state index contributed by atoms with van der Waals surface area (Å²) in [6, 6.07) is 0. The van der Waals surface area contributed by atoms with Crippen LogP contribution in [-0.4, -0.2) is 27.3 Å². The van der Waals surface area contributed by atoms with Gasteiger partial charge in [0.2, 0.25) is 0 Å². The second-order valence-corrected chi connectivity index (χ2v) is 4.78. The van der Waals surface area contributed by atoms with E-state index in [1.807, 2.05) is 4.68 Å². The molecule has 0 aliphatic rings. The van der Waals surface area contributed by atoms with E-state index in [1.165, 1.54) is 12.3 Å². The molecule has 112 valence electrons. The molecule has 6 nitrogen and oxygen atoms in total. The van der Waals surface area contributed by atoms with E-state index in [0.717, 1.165) is 25.8 Å². The molecule has 2 rings (SSSR count). The number of aryl methyl sites for hydroxylation is 1. The van der Waals surface area contributed by atoms with Gasteiger partial charge in [-0.25, -0.2) is 14.5 Å². The van der Waals surface area contributed by atoms with Gasteiger partial charge < -0.3 is 10.5 Å². The molecule has 0 aliphatic carbocycles. The van der Waals surface area contributed by atoms with Gasteiger partial charge >= 0.3 is 5.97 Å². The summed E-state index contributed by atoms with van der Waals surface area (Å²) in [5.74, 6) is -0.500. The van der Waals surface area contributed by atoms with Crippen molar-refractivity contribution in [2.45, 2.75) is 32.7 Å². The number of esters is 1. The number of fused-ring (bicyclic) bond motifs is 1. The number of rotatable bonds is 7. The first-order valence-electron chi connectivity index (χ1n) is 7.07. The van der Waals surface area contributed by atoms with Crippen molar-refractivity contribution in [1.29, 1.82) is 0 Å². The van der Waals surface area contributed by atoms with Crippen LogP contribution in [0, 0.1) is 0 Å². The molecule has 6 heteroatoms. The van der Waals surface area contributed by atoms with Gasteiger partial charge in [0.05, 0.1) is 17.3 Å². The lowest BCUT2D eigenvalue weighted by molar-refractivity contribution is 0.0550. The monoisotopic (exact) mass is 288 g/mol. The third-order valence-electron chi connectivity index (χ3n) is 3.23. The van der Waals surface area contributed by atoms with Crippen molar-refractivity contribution in [3.63, 3.8) is 0 Å². The molecule has 0 radical (unpaired) electrons. The Bertz CT molecular complexity index is 648. The number of hydrogen-bond acceptors (Lipinski definition) is 5. The number of carbonyl (C=O) groups excluding carboxylic acids is 1. The van der Waals surface area contributed by atoms with Crippen molar-refractivity contribution in [2.24, 2.45) is 0 Å². The van der Waals surface area contributed by atoms with Gasteiger partial charge in [-0.15, -0.1) is 0 Å². The highest BCUT2D eigenvalue weighted by molar-refractivity contribution is 6.03. The molecule has 0 spiro atoms. The van der Waals surface area contributed by atoms with Crippen LogP contribution in [0.3, 0.4) is 0 Å². The number of carbonyl (C=O) groups is 1. The fourth-order valence-corrected chi connectivity index (χ4v) is 2.10. The maximum Gasteiger partial charge on any atom is 0.342 e. The second-order valence-electron chi connectivity index (χ2n) is 4.78. The first kappa shape index (κ1) is 15.0. The average Bonchev–Trinajstić information content (AvgIpc) is 2.90. The standard InChI is InChI=1S/C15H20N4O2/c1-3-5-6-7-19-14-11(10-18-19)13(16)12(9-17-14)15(20)21-8-4-2/h4,9-10H,2-3,5-8H2,1H3,(H2,16,17). The molecule has 0 bridgehead atoms. The molecule has 0 fully saturated rings. The Labute approximate surface area is 123 Å². The van der Waals surface area contributed by atoms with Gasteiger partial charge in [-0.2, -0.15) is 5.10 Å². The third kappa shape index (κ3) is 3.21. The Balaban J connectivity index is 2.27. The van der Waals surface area contributed by atoms with E-state index < -0.39 is 5.97 Å². The van der Waals surface area contributed by atoms with Gasteiger partial charge in [0.1, 0.15) is 12.2 Å². The summed E-state index contributed by atoms with van der Waals surface area (Å²) in [5.41, 5.74) is 7.36. The average molecular weight is 288 g/mol. The Morgan fingerprint density at radius 3 is 3.00 bits per heavy atom. The van der Waals surface area contributed by atoms with Gasteiger partial charge in [-0.3, -0.25) is 0 Å². The maximum absolute atomic E-state index is 11.9. The fraction of sp³-hybridized carbons (Fsp3) is 0.400. The van der Waals surface area contributed by atoms with Gasteiger partial charge in [0.25, 0.3) is 0 Å². The largest absolute Gasteiger partial charge is 0.458 e. The zero-order valence-corrected chi connectivity index (χ0v) is 12.2. The number of hydrogen-bond donors (Lipinski definition) is 1. The summed E-state index contributed by atoms with van der Waals surface area (Å²) < 4.78 is 6.81. The number of nitrogen functional groups attached to an aromatic ring is 1. The minimum Gasteiger partial charge on any atom is -0.458 e.